The van der Waals surface area contributed by atoms with E-state index >= 15 is 0 Å². The van der Waals surface area contributed by atoms with Crippen LogP contribution in [0.4, 0.5) is 15.3 Å². The van der Waals surface area contributed by atoms with Crippen LogP contribution in [0.1, 0.15) is 51.5 Å². The van der Waals surface area contributed by atoms with Crippen LogP contribution in [-0.4, -0.2) is 69.5 Å². The first-order chi connectivity index (χ1) is 22.7. The highest BCUT2D eigenvalue weighted by atomic mass is 32.2. The van der Waals surface area contributed by atoms with Gasteiger partial charge in [-0.05, 0) is 68.0 Å². The summed E-state index contributed by atoms with van der Waals surface area (Å²) >= 11 is 0. The zero-order valence-electron chi connectivity index (χ0n) is 27.1. The number of unbranched alkanes of at least 4 members (excludes halogenated alkanes) is 1. The normalized spacial score (nSPS) is 13.1. The third-order valence-electron chi connectivity index (χ3n) is 7.07. The van der Waals surface area contributed by atoms with Gasteiger partial charge >= 0.3 is 12.1 Å². The molecule has 0 bridgehead atoms. The van der Waals surface area contributed by atoms with Crippen LogP contribution in [0.25, 0.3) is 0 Å². The van der Waals surface area contributed by atoms with E-state index in [9.17, 15) is 32.4 Å². The Morgan fingerprint density at radius 3 is 2.02 bits per heavy atom. The number of carbonyl (C=O) groups is 5. The van der Waals surface area contributed by atoms with Crippen LogP contribution in [0.15, 0.2) is 59.5 Å². The Kier molecular flexibility index (Phi) is 16.3. The monoisotopic (exact) mass is 690 g/mol. The van der Waals surface area contributed by atoms with Gasteiger partial charge in [0, 0.05) is 12.2 Å². The number of nitrogens with one attached hydrogen (secondary N) is 5. The minimum absolute atomic E-state index is 0.0203. The van der Waals surface area contributed by atoms with E-state index in [2.05, 4.69) is 26.0 Å². The molecule has 2 rings (SSSR count). The Morgan fingerprint density at radius 2 is 1.44 bits per heavy atom. The minimum atomic E-state index is -4.07. The van der Waals surface area contributed by atoms with Crippen LogP contribution in [0.3, 0.4) is 0 Å². The van der Waals surface area contributed by atoms with E-state index in [1.165, 1.54) is 12.1 Å². The van der Waals surface area contributed by atoms with Gasteiger partial charge in [0.25, 0.3) is 0 Å². The van der Waals surface area contributed by atoms with E-state index in [1.54, 1.807) is 56.3 Å². The molecule has 48 heavy (non-hydrogen) atoms. The summed E-state index contributed by atoms with van der Waals surface area (Å²) in [5, 5.41) is 10.5. The molecule has 16 nitrogen and oxygen atoms in total. The van der Waals surface area contributed by atoms with Crippen LogP contribution in [0, 0.1) is 5.92 Å². The maximum absolute atomic E-state index is 13.6. The van der Waals surface area contributed by atoms with E-state index < -0.39 is 63.9 Å². The predicted octanol–water partition coefficient (Wildman–Crippen LogP) is 0.771. The second kappa shape index (κ2) is 19.8. The second-order valence-electron chi connectivity index (χ2n) is 11.3. The van der Waals surface area contributed by atoms with E-state index in [-0.39, 0.29) is 37.3 Å². The molecule has 11 N–H and O–H groups in total. The summed E-state index contributed by atoms with van der Waals surface area (Å²) in [6.45, 7) is 3.82. The lowest BCUT2D eigenvalue weighted by molar-refractivity contribution is -0.132. The van der Waals surface area contributed by atoms with Gasteiger partial charge in [0.15, 0.2) is 0 Å². The lowest BCUT2D eigenvalue weighted by atomic mass is 10.0. The highest BCUT2D eigenvalue weighted by molar-refractivity contribution is 7.89. The standard InChI is InChI=1S/C31H46N8O8S/c1-20(2)26(38-28(41)25(11-6-7-17-32)39-48(45,46)23-9-4-3-5-10-23)29(42)37-24(12-8-18-35-30(33)43)27(40)36-22-15-13-21(14-16-22)19-47-31(34)44/h3-5,9-10,13-16,20,24-26,39H,6-8,11-12,17-19,32H2,1-2H3,(H2,34,44)(H,36,40)(H,37,42)(H,38,41)(H3,33,35,43)/t24-,25+,26-/m0/s1. The largest absolute Gasteiger partial charge is 0.445 e. The highest BCUT2D eigenvalue weighted by Gasteiger charge is 2.32. The Morgan fingerprint density at radius 1 is 0.792 bits per heavy atom. The maximum atomic E-state index is 13.6. The average Bonchev–Trinajstić information content (AvgIpc) is 3.04. The molecule has 2 aromatic carbocycles. The summed E-state index contributed by atoms with van der Waals surface area (Å²) in [7, 11) is -4.07. The van der Waals surface area contributed by atoms with Crippen molar-refractivity contribution in [1.82, 2.24) is 20.7 Å². The molecule has 0 aliphatic heterocycles. The van der Waals surface area contributed by atoms with Crippen LogP contribution in [-0.2, 0) is 35.8 Å². The van der Waals surface area contributed by atoms with E-state index in [1.807, 2.05) is 0 Å². The van der Waals surface area contributed by atoms with Gasteiger partial charge in [-0.25, -0.2) is 18.0 Å². The number of carbonyl (C=O) groups excluding carboxylic acids is 5. The van der Waals surface area contributed by atoms with Crippen molar-refractivity contribution < 1.29 is 37.1 Å². The Bertz CT molecular complexity index is 1470. The first-order valence-corrected chi connectivity index (χ1v) is 16.9. The number of nitrogens with two attached hydrogens (primary N) is 3. The number of sulfonamides is 1. The third kappa shape index (κ3) is 13.9. The van der Waals surface area contributed by atoms with Gasteiger partial charge in [0.05, 0.1) is 4.90 Å². The molecule has 0 aliphatic carbocycles. The number of hydrogen-bond acceptors (Lipinski definition) is 9. The topological polar surface area (TPSA) is 267 Å². The summed E-state index contributed by atoms with van der Waals surface area (Å²) < 4.78 is 33.3. The Labute approximate surface area is 280 Å². The van der Waals surface area contributed by atoms with Crippen molar-refractivity contribution in [3.63, 3.8) is 0 Å². The molecule has 0 aliphatic rings. The molecular formula is C31H46N8O8S. The first kappa shape index (κ1) is 39.4. The molecule has 0 heterocycles. The number of ether oxygens (including phenoxy) is 1. The van der Waals surface area contributed by atoms with Gasteiger partial charge in [-0.2, -0.15) is 4.72 Å². The molecule has 0 saturated heterocycles. The van der Waals surface area contributed by atoms with Crippen molar-refractivity contribution in [2.24, 2.45) is 23.1 Å². The van der Waals surface area contributed by atoms with Crippen molar-refractivity contribution in [2.75, 3.05) is 18.4 Å². The predicted molar refractivity (Wildman–Crippen MR) is 178 cm³/mol. The minimum Gasteiger partial charge on any atom is -0.445 e. The van der Waals surface area contributed by atoms with Gasteiger partial charge in [0.2, 0.25) is 27.7 Å². The van der Waals surface area contributed by atoms with Crippen LogP contribution < -0.4 is 43.2 Å². The Balaban J connectivity index is 2.21. The molecule has 6 amide bonds. The van der Waals surface area contributed by atoms with Crippen molar-refractivity contribution >= 4 is 45.6 Å². The fourth-order valence-corrected chi connectivity index (χ4v) is 5.75. The second-order valence-corrected chi connectivity index (χ2v) is 13.0. The molecule has 0 saturated carbocycles. The van der Waals surface area contributed by atoms with Crippen LogP contribution in [0.5, 0.6) is 0 Å². The summed E-state index contributed by atoms with van der Waals surface area (Å²) in [6, 6.07) is 9.78. The van der Waals surface area contributed by atoms with Crippen LogP contribution in [0.2, 0.25) is 0 Å². The maximum Gasteiger partial charge on any atom is 0.404 e. The zero-order chi connectivity index (χ0) is 35.7. The summed E-state index contributed by atoms with van der Waals surface area (Å²) in [6.07, 6.45) is 0.574. The van der Waals surface area contributed by atoms with E-state index in [4.69, 9.17) is 21.9 Å². The highest BCUT2D eigenvalue weighted by Crippen LogP contribution is 2.14. The third-order valence-corrected chi connectivity index (χ3v) is 8.55. The molecule has 0 radical (unpaired) electrons. The smallest absolute Gasteiger partial charge is 0.404 e. The molecule has 0 aromatic heterocycles. The molecule has 264 valence electrons. The fourth-order valence-electron chi connectivity index (χ4n) is 4.50. The molecular weight excluding hydrogens is 644 g/mol. The molecule has 3 atom stereocenters. The zero-order valence-corrected chi connectivity index (χ0v) is 27.9. The van der Waals surface area contributed by atoms with Gasteiger partial charge in [-0.3, -0.25) is 14.4 Å². The SMILES string of the molecule is CC(C)[C@H](NC(=O)[C@@H](CCCCN)NS(=O)(=O)c1ccccc1)C(=O)N[C@@H](CCCNC(N)=O)C(=O)Nc1ccc(COC(N)=O)cc1. The van der Waals surface area contributed by atoms with Crippen molar-refractivity contribution in [3.05, 3.63) is 60.2 Å². The lowest BCUT2D eigenvalue weighted by Crippen LogP contribution is -2.57. The number of primary amides is 2. The number of urea groups is 1. The van der Waals surface area contributed by atoms with Crippen molar-refractivity contribution in [3.8, 4) is 0 Å². The quantitative estimate of drug-likeness (QED) is 0.0911. The molecule has 0 unspecified atom stereocenters. The van der Waals surface area contributed by atoms with Crippen molar-refractivity contribution in [2.45, 2.75) is 75.6 Å². The summed E-state index contributed by atoms with van der Waals surface area (Å²) in [5.74, 6) is -2.42. The van der Waals surface area contributed by atoms with E-state index in [0.717, 1.165) is 0 Å². The number of anilines is 1. The van der Waals surface area contributed by atoms with Gasteiger partial charge in [-0.1, -0.05) is 50.6 Å². The summed E-state index contributed by atoms with van der Waals surface area (Å²) in [5.41, 5.74) is 16.7. The van der Waals surface area contributed by atoms with E-state index in [0.29, 0.717) is 30.6 Å². The molecule has 0 spiro atoms. The van der Waals surface area contributed by atoms with Gasteiger partial charge in [-0.15, -0.1) is 0 Å². The molecule has 17 heteroatoms. The van der Waals surface area contributed by atoms with Crippen LogP contribution >= 0.6 is 0 Å². The summed E-state index contributed by atoms with van der Waals surface area (Å²) in [4.78, 5) is 62.4. The van der Waals surface area contributed by atoms with Crippen molar-refractivity contribution in [1.29, 1.82) is 0 Å². The Hall–Kier alpha value is -4.74. The molecule has 2 aromatic rings. The van der Waals surface area contributed by atoms with Gasteiger partial charge < -0.3 is 43.2 Å². The fraction of sp³-hybridized carbons (Fsp3) is 0.452. The number of hydrogen-bond donors (Lipinski definition) is 8. The number of benzene rings is 2. The average molecular weight is 691 g/mol. The first-order valence-electron chi connectivity index (χ1n) is 15.5. The lowest BCUT2D eigenvalue weighted by Gasteiger charge is -2.27. The van der Waals surface area contributed by atoms with Gasteiger partial charge in [0.1, 0.15) is 24.7 Å². The number of rotatable bonds is 20. The number of amides is 6. The molecule has 0 fully saturated rings.